The van der Waals surface area contributed by atoms with Gasteiger partial charge < -0.3 is 25.2 Å². The highest BCUT2D eigenvalue weighted by atomic mass is 16.6. The van der Waals surface area contributed by atoms with Crippen LogP contribution in [-0.2, 0) is 24.5 Å². The van der Waals surface area contributed by atoms with Crippen molar-refractivity contribution in [1.29, 1.82) is 0 Å². The molecule has 4 aromatic rings. The second kappa shape index (κ2) is 15.4. The first-order valence-electron chi connectivity index (χ1n) is 18.9. The van der Waals surface area contributed by atoms with Crippen LogP contribution in [0.15, 0.2) is 127 Å². The normalized spacial score (nSPS) is 25.4. The molecular formula is C46H43N3O6. The molecule has 2 amide bonds. The Labute approximate surface area is 321 Å². The number of anilines is 1. The Morgan fingerprint density at radius 2 is 1.71 bits per heavy atom. The molecule has 278 valence electrons. The van der Waals surface area contributed by atoms with E-state index in [2.05, 4.69) is 35.1 Å². The van der Waals surface area contributed by atoms with Crippen LogP contribution in [0.1, 0.15) is 71.7 Å². The Kier molecular flexibility index (Phi) is 10.1. The summed E-state index contributed by atoms with van der Waals surface area (Å²) in [6, 6.07) is 29.5. The number of para-hydroxylation sites is 1. The van der Waals surface area contributed by atoms with Crippen molar-refractivity contribution in [3.05, 3.63) is 155 Å². The van der Waals surface area contributed by atoms with E-state index in [0.29, 0.717) is 28.1 Å². The van der Waals surface area contributed by atoms with Gasteiger partial charge in [0.2, 0.25) is 11.8 Å². The molecule has 0 radical (unpaired) electrons. The highest BCUT2D eigenvalue weighted by molar-refractivity contribution is 6.12. The topological polar surface area (TPSA) is 117 Å². The molecule has 4 aromatic carbocycles. The van der Waals surface area contributed by atoms with Gasteiger partial charge in [-0.25, -0.2) is 0 Å². The number of fused-ring (bicyclic) bond motifs is 3. The van der Waals surface area contributed by atoms with Crippen LogP contribution in [-0.4, -0.2) is 53.6 Å². The lowest BCUT2D eigenvalue weighted by Gasteiger charge is -2.46. The van der Waals surface area contributed by atoms with Crippen molar-refractivity contribution in [2.45, 2.75) is 55.3 Å². The molecule has 0 bridgehead atoms. The number of rotatable bonds is 9. The molecule has 2 fully saturated rings. The first-order valence-corrected chi connectivity index (χ1v) is 18.9. The predicted molar refractivity (Wildman–Crippen MR) is 209 cm³/mol. The first kappa shape index (κ1) is 36.0. The van der Waals surface area contributed by atoms with Crippen molar-refractivity contribution < 1.29 is 29.0 Å². The summed E-state index contributed by atoms with van der Waals surface area (Å²) in [5.41, 5.74) is 3.40. The maximum absolute atomic E-state index is 15.3. The molecule has 3 aliphatic heterocycles. The van der Waals surface area contributed by atoms with Gasteiger partial charge in [-0.1, -0.05) is 103 Å². The Hall–Kier alpha value is -5.95. The number of ether oxygens (including phenoxy) is 2. The molecule has 0 aromatic heterocycles. The monoisotopic (exact) mass is 733 g/mol. The van der Waals surface area contributed by atoms with Crippen molar-refractivity contribution in [3.8, 4) is 17.6 Å². The highest BCUT2D eigenvalue weighted by Gasteiger charge is 2.74. The minimum atomic E-state index is -1.68. The third-order valence-electron chi connectivity index (χ3n) is 11.2. The molecule has 3 heterocycles. The molecule has 0 saturated carbocycles. The molecule has 55 heavy (non-hydrogen) atoms. The number of cyclic esters (lactones) is 1. The smallest absolute Gasteiger partial charge is 0.324 e. The SMILES string of the molecule is C=CCNC(=O)C1C2C(=O)OC(c3ccccc3)C(c3ccccc3)N2C(c2ccccc2OCCO)C12C(=O)Nc1ccc(C#CC3=CCCCC3)cc12. The van der Waals surface area contributed by atoms with E-state index in [1.54, 1.807) is 12.1 Å². The minimum Gasteiger partial charge on any atom is -0.491 e. The zero-order valence-corrected chi connectivity index (χ0v) is 30.4. The number of aliphatic hydroxyl groups is 1. The van der Waals surface area contributed by atoms with Crippen molar-refractivity contribution in [3.63, 3.8) is 0 Å². The third kappa shape index (κ3) is 6.31. The van der Waals surface area contributed by atoms with Gasteiger partial charge in [-0.15, -0.1) is 6.58 Å². The van der Waals surface area contributed by atoms with Crippen molar-refractivity contribution in [2.75, 3.05) is 25.1 Å². The second-order valence-electron chi connectivity index (χ2n) is 14.3. The molecule has 1 spiro atoms. The molecule has 9 nitrogen and oxygen atoms in total. The molecule has 8 rings (SSSR count). The molecule has 6 atom stereocenters. The fourth-order valence-corrected chi connectivity index (χ4v) is 9.02. The maximum atomic E-state index is 15.3. The Balaban J connectivity index is 1.43. The number of nitrogens with zero attached hydrogens (tertiary/aromatic N) is 1. The van der Waals surface area contributed by atoms with Gasteiger partial charge in [-0.05, 0) is 72.2 Å². The third-order valence-corrected chi connectivity index (χ3v) is 11.2. The van der Waals surface area contributed by atoms with E-state index >= 15 is 4.79 Å². The fraction of sp³-hybridized carbons (Fsp3) is 0.283. The van der Waals surface area contributed by atoms with Gasteiger partial charge in [0.25, 0.3) is 0 Å². The predicted octanol–water partition coefficient (Wildman–Crippen LogP) is 6.48. The number of hydrogen-bond donors (Lipinski definition) is 3. The van der Waals surface area contributed by atoms with Crippen LogP contribution >= 0.6 is 0 Å². The fourth-order valence-electron chi connectivity index (χ4n) is 9.02. The van der Waals surface area contributed by atoms with Gasteiger partial charge in [0.1, 0.15) is 29.9 Å². The summed E-state index contributed by atoms with van der Waals surface area (Å²) in [7, 11) is 0. The van der Waals surface area contributed by atoms with Gasteiger partial charge in [0.15, 0.2) is 0 Å². The maximum Gasteiger partial charge on any atom is 0.324 e. The summed E-state index contributed by atoms with van der Waals surface area (Å²) in [6.45, 7) is 3.70. The molecule has 3 N–H and O–H groups in total. The van der Waals surface area contributed by atoms with Crippen LogP contribution in [0.4, 0.5) is 5.69 Å². The molecule has 4 aliphatic rings. The van der Waals surface area contributed by atoms with E-state index in [4.69, 9.17) is 9.47 Å². The average Bonchev–Trinajstić information content (AvgIpc) is 3.70. The van der Waals surface area contributed by atoms with E-state index in [0.717, 1.165) is 42.4 Å². The second-order valence-corrected chi connectivity index (χ2v) is 14.3. The molecule has 9 heteroatoms. The number of amides is 2. The molecule has 2 saturated heterocycles. The Morgan fingerprint density at radius 1 is 0.964 bits per heavy atom. The lowest BCUT2D eigenvalue weighted by molar-refractivity contribution is -0.178. The number of esters is 1. The number of hydrogen-bond acceptors (Lipinski definition) is 7. The number of carbonyl (C=O) groups is 3. The molecular weight excluding hydrogens is 691 g/mol. The number of aliphatic hydroxyl groups excluding tert-OH is 1. The summed E-state index contributed by atoms with van der Waals surface area (Å²) in [5.74, 6) is 4.34. The van der Waals surface area contributed by atoms with Gasteiger partial charge in [0, 0.05) is 23.4 Å². The summed E-state index contributed by atoms with van der Waals surface area (Å²) in [5, 5.41) is 16.0. The summed E-state index contributed by atoms with van der Waals surface area (Å²) in [4.78, 5) is 47.1. The largest absolute Gasteiger partial charge is 0.491 e. The number of carbonyl (C=O) groups excluding carboxylic acids is 3. The van der Waals surface area contributed by atoms with Gasteiger partial charge >= 0.3 is 5.97 Å². The zero-order chi connectivity index (χ0) is 37.9. The van der Waals surface area contributed by atoms with Crippen LogP contribution in [0.5, 0.6) is 5.75 Å². The molecule has 1 aliphatic carbocycles. The van der Waals surface area contributed by atoms with Crippen LogP contribution in [0.2, 0.25) is 0 Å². The van der Waals surface area contributed by atoms with E-state index < -0.39 is 53.3 Å². The van der Waals surface area contributed by atoms with Crippen molar-refractivity contribution in [2.24, 2.45) is 5.92 Å². The first-order chi connectivity index (χ1) is 27.0. The van der Waals surface area contributed by atoms with Crippen molar-refractivity contribution >= 4 is 23.5 Å². The van der Waals surface area contributed by atoms with Crippen LogP contribution < -0.4 is 15.4 Å². The van der Waals surface area contributed by atoms with Gasteiger partial charge in [-0.3, -0.25) is 19.3 Å². The molecule has 6 unspecified atom stereocenters. The minimum absolute atomic E-state index is 0.00141. The average molecular weight is 734 g/mol. The Morgan fingerprint density at radius 3 is 2.44 bits per heavy atom. The van der Waals surface area contributed by atoms with E-state index in [1.807, 2.05) is 102 Å². The number of morpholine rings is 1. The quantitative estimate of drug-likeness (QED) is 0.102. The number of allylic oxidation sites excluding steroid dienone is 2. The summed E-state index contributed by atoms with van der Waals surface area (Å²) >= 11 is 0. The van der Waals surface area contributed by atoms with Crippen molar-refractivity contribution in [1.82, 2.24) is 10.2 Å². The van der Waals surface area contributed by atoms with Gasteiger partial charge in [0.05, 0.1) is 24.6 Å². The summed E-state index contributed by atoms with van der Waals surface area (Å²) < 4.78 is 12.7. The number of benzene rings is 4. The van der Waals surface area contributed by atoms with Gasteiger partial charge in [-0.2, -0.15) is 0 Å². The lowest BCUT2D eigenvalue weighted by Crippen LogP contribution is -2.54. The van der Waals surface area contributed by atoms with E-state index in [-0.39, 0.29) is 19.8 Å². The van der Waals surface area contributed by atoms with E-state index in [9.17, 15) is 14.7 Å². The van der Waals surface area contributed by atoms with Crippen LogP contribution in [0, 0.1) is 17.8 Å². The van der Waals surface area contributed by atoms with Crippen LogP contribution in [0.3, 0.4) is 0 Å². The summed E-state index contributed by atoms with van der Waals surface area (Å²) in [6.07, 6.45) is 7.11. The number of nitrogens with one attached hydrogen (secondary N) is 2. The lowest BCUT2D eigenvalue weighted by atomic mass is 9.65. The standard InChI is InChI=1S/C46H43N3O6/c1-2-26-47-43(51)38-40-44(52)55-41(33-18-10-5-11-19-33)39(32-16-8-4-9-17-32)49(40)42(34-20-12-13-21-37(34)54-28-27-50)46(38)35-29-31(24-25-36(35)48-45(46)53)23-22-30-14-6-3-7-15-30/h2,4-5,8-14,16-21,24-25,29,38-42,50H,1,3,6-7,15,26-28H2,(H,47,51)(H,48,53). The highest BCUT2D eigenvalue weighted by Crippen LogP contribution is 2.65. The Bertz CT molecular complexity index is 2210. The van der Waals surface area contributed by atoms with E-state index in [1.165, 1.54) is 0 Å². The zero-order valence-electron chi connectivity index (χ0n) is 30.4. The van der Waals surface area contributed by atoms with Crippen LogP contribution in [0.25, 0.3) is 0 Å².